The molecule has 0 radical (unpaired) electrons. The van der Waals surface area contributed by atoms with Gasteiger partial charge in [0.05, 0.1) is 4.90 Å². The molecule has 2 aromatic carbocycles. The number of sulfonamides is 1. The molecule has 7 nitrogen and oxygen atoms in total. The third-order valence-electron chi connectivity index (χ3n) is 5.76. The van der Waals surface area contributed by atoms with Crippen molar-refractivity contribution in [3.05, 3.63) is 77.3 Å². The van der Waals surface area contributed by atoms with E-state index in [1.54, 1.807) is 42.7 Å². The molecule has 0 bridgehead atoms. The summed E-state index contributed by atoms with van der Waals surface area (Å²) in [5.74, 6) is 0.846. The third kappa shape index (κ3) is 4.02. The minimum absolute atomic E-state index is 0.143. The number of nitrogens with one attached hydrogen (secondary N) is 2. The predicted molar refractivity (Wildman–Crippen MR) is 126 cm³/mol. The lowest BCUT2D eigenvalue weighted by molar-refractivity contribution is 0.577. The molecule has 4 aromatic rings. The number of nitrogens with zero attached hydrogens (tertiary/aromatic N) is 1. The quantitative estimate of drug-likeness (QED) is 0.419. The molecule has 32 heavy (non-hydrogen) atoms. The predicted octanol–water partition coefficient (Wildman–Crippen LogP) is 3.53. The Labute approximate surface area is 185 Å². The van der Waals surface area contributed by atoms with Gasteiger partial charge in [-0.3, -0.25) is 4.79 Å². The first-order chi connectivity index (χ1) is 15.4. The van der Waals surface area contributed by atoms with Crippen LogP contribution in [0.2, 0.25) is 0 Å². The van der Waals surface area contributed by atoms with Gasteiger partial charge in [-0.2, -0.15) is 0 Å². The van der Waals surface area contributed by atoms with Crippen molar-refractivity contribution in [2.24, 2.45) is 5.92 Å². The second kappa shape index (κ2) is 7.89. The molecule has 0 unspecified atom stereocenters. The van der Waals surface area contributed by atoms with Gasteiger partial charge in [-0.05, 0) is 71.7 Å². The molecular formula is C24H22N4O3S. The summed E-state index contributed by atoms with van der Waals surface area (Å²) in [4.78, 5) is 19.2. The van der Waals surface area contributed by atoms with Crippen molar-refractivity contribution in [3.63, 3.8) is 0 Å². The number of hydrogen-bond donors (Lipinski definition) is 3. The van der Waals surface area contributed by atoms with Gasteiger partial charge in [-0.1, -0.05) is 18.2 Å². The van der Waals surface area contributed by atoms with E-state index in [2.05, 4.69) is 14.7 Å². The lowest BCUT2D eigenvalue weighted by Gasteiger charge is -2.10. The molecule has 0 amide bonds. The number of anilines is 1. The van der Waals surface area contributed by atoms with Gasteiger partial charge in [0.15, 0.2) is 0 Å². The highest BCUT2D eigenvalue weighted by Crippen LogP contribution is 2.32. The lowest BCUT2D eigenvalue weighted by Crippen LogP contribution is -2.25. The summed E-state index contributed by atoms with van der Waals surface area (Å²) >= 11 is 0. The molecule has 8 heteroatoms. The van der Waals surface area contributed by atoms with Gasteiger partial charge in [0, 0.05) is 35.5 Å². The summed E-state index contributed by atoms with van der Waals surface area (Å²) in [6, 6.07) is 16.0. The highest BCUT2D eigenvalue weighted by molar-refractivity contribution is 7.89. The van der Waals surface area contributed by atoms with Gasteiger partial charge in [-0.25, -0.2) is 18.1 Å². The second-order valence-corrected chi connectivity index (χ2v) is 9.85. The first kappa shape index (κ1) is 20.4. The van der Waals surface area contributed by atoms with Crippen LogP contribution < -0.4 is 16.0 Å². The minimum atomic E-state index is -3.51. The molecule has 4 N–H and O–H groups in total. The van der Waals surface area contributed by atoms with Crippen LogP contribution in [-0.4, -0.2) is 24.9 Å². The minimum Gasteiger partial charge on any atom is -0.383 e. The SMILES string of the molecule is Nc1ncc(-c2ccc(S(=O)(=O)NCC3CC3)cc2)cc1-c1ccc2c(=O)[nH]ccc2c1. The van der Waals surface area contributed by atoms with E-state index in [4.69, 9.17) is 5.73 Å². The number of fused-ring (bicyclic) bond motifs is 1. The normalized spacial score (nSPS) is 14.0. The highest BCUT2D eigenvalue weighted by Gasteiger charge is 2.24. The van der Waals surface area contributed by atoms with E-state index in [1.165, 1.54) is 0 Å². The average molecular weight is 447 g/mol. The number of pyridine rings is 2. The van der Waals surface area contributed by atoms with Crippen molar-refractivity contribution in [2.75, 3.05) is 12.3 Å². The Kier molecular flexibility index (Phi) is 5.03. The first-order valence-electron chi connectivity index (χ1n) is 10.4. The summed E-state index contributed by atoms with van der Waals surface area (Å²) in [7, 11) is -3.51. The highest BCUT2D eigenvalue weighted by atomic mass is 32.2. The molecule has 5 rings (SSSR count). The number of rotatable bonds is 6. The zero-order valence-electron chi connectivity index (χ0n) is 17.2. The number of nitrogen functional groups attached to an aromatic ring is 1. The topological polar surface area (TPSA) is 118 Å². The van der Waals surface area contributed by atoms with Crippen LogP contribution in [0.5, 0.6) is 0 Å². The summed E-state index contributed by atoms with van der Waals surface area (Å²) in [6.07, 6.45) is 5.45. The Morgan fingerprint density at radius 2 is 1.75 bits per heavy atom. The fourth-order valence-electron chi connectivity index (χ4n) is 3.68. The van der Waals surface area contributed by atoms with Crippen LogP contribution in [0.1, 0.15) is 12.8 Å². The van der Waals surface area contributed by atoms with Crippen molar-refractivity contribution in [1.82, 2.24) is 14.7 Å². The van der Waals surface area contributed by atoms with Gasteiger partial charge >= 0.3 is 0 Å². The monoisotopic (exact) mass is 446 g/mol. The van der Waals surface area contributed by atoms with Crippen LogP contribution in [-0.2, 0) is 10.0 Å². The Morgan fingerprint density at radius 3 is 2.50 bits per heavy atom. The second-order valence-electron chi connectivity index (χ2n) is 8.09. The van der Waals surface area contributed by atoms with E-state index in [0.717, 1.165) is 40.5 Å². The van der Waals surface area contributed by atoms with Gasteiger partial charge in [0.25, 0.3) is 5.56 Å². The Balaban J connectivity index is 1.46. The van der Waals surface area contributed by atoms with Crippen LogP contribution >= 0.6 is 0 Å². The molecule has 0 aliphatic heterocycles. The number of aromatic nitrogens is 2. The van der Waals surface area contributed by atoms with Crippen LogP contribution in [0.3, 0.4) is 0 Å². The van der Waals surface area contributed by atoms with E-state index in [-0.39, 0.29) is 10.5 Å². The summed E-state index contributed by atoms with van der Waals surface area (Å²) < 4.78 is 27.6. The molecule has 0 atom stereocenters. The van der Waals surface area contributed by atoms with Crippen LogP contribution in [0.15, 0.2) is 76.7 Å². The zero-order chi connectivity index (χ0) is 22.3. The molecule has 0 spiro atoms. The van der Waals surface area contributed by atoms with Gasteiger partial charge < -0.3 is 10.7 Å². The zero-order valence-corrected chi connectivity index (χ0v) is 18.0. The smallest absolute Gasteiger partial charge is 0.255 e. The van der Waals surface area contributed by atoms with Gasteiger partial charge in [0.2, 0.25) is 10.0 Å². The van der Waals surface area contributed by atoms with E-state index < -0.39 is 10.0 Å². The number of aromatic amines is 1. The van der Waals surface area contributed by atoms with E-state index >= 15 is 0 Å². The van der Waals surface area contributed by atoms with E-state index in [0.29, 0.717) is 23.7 Å². The van der Waals surface area contributed by atoms with Crippen LogP contribution in [0.4, 0.5) is 5.82 Å². The maximum Gasteiger partial charge on any atom is 0.255 e. The third-order valence-corrected chi connectivity index (χ3v) is 7.20. The molecule has 1 aliphatic rings. The fraction of sp³-hybridized carbons (Fsp3) is 0.167. The molecule has 1 saturated carbocycles. The lowest BCUT2D eigenvalue weighted by atomic mass is 9.99. The number of nitrogens with two attached hydrogens (primary N) is 1. The summed E-state index contributed by atoms with van der Waals surface area (Å²) in [6.45, 7) is 0.493. The molecule has 1 fully saturated rings. The Bertz CT molecular complexity index is 1470. The number of hydrogen-bond acceptors (Lipinski definition) is 5. The van der Waals surface area contributed by atoms with Crippen molar-refractivity contribution in [3.8, 4) is 22.3 Å². The van der Waals surface area contributed by atoms with Crippen molar-refractivity contribution >= 4 is 26.6 Å². The summed E-state index contributed by atoms with van der Waals surface area (Å²) in [5, 5.41) is 1.41. The largest absolute Gasteiger partial charge is 0.383 e. The van der Waals surface area contributed by atoms with Crippen molar-refractivity contribution < 1.29 is 8.42 Å². The maximum absolute atomic E-state index is 12.5. The first-order valence-corrected chi connectivity index (χ1v) is 11.9. The molecular weight excluding hydrogens is 424 g/mol. The molecule has 0 saturated heterocycles. The van der Waals surface area contributed by atoms with Crippen LogP contribution in [0, 0.1) is 5.92 Å². The molecule has 2 aromatic heterocycles. The summed E-state index contributed by atoms with van der Waals surface area (Å²) in [5.41, 5.74) is 9.24. The maximum atomic E-state index is 12.5. The Morgan fingerprint density at radius 1 is 1.00 bits per heavy atom. The van der Waals surface area contributed by atoms with Gasteiger partial charge in [0.1, 0.15) is 5.82 Å². The number of H-pyrrole nitrogens is 1. The Hall–Kier alpha value is -3.49. The van der Waals surface area contributed by atoms with E-state index in [9.17, 15) is 13.2 Å². The van der Waals surface area contributed by atoms with Crippen molar-refractivity contribution in [2.45, 2.75) is 17.7 Å². The standard InChI is InChI=1S/C24H22N4O3S/c25-23-22(17-5-8-21-18(11-17)9-10-26-24(21)29)12-19(14-27-23)16-3-6-20(7-4-16)32(30,31)28-13-15-1-2-15/h3-12,14-15,28H,1-2,13H2,(H2,25,27)(H,26,29). The average Bonchev–Trinajstić information content (AvgIpc) is 3.63. The van der Waals surface area contributed by atoms with E-state index in [1.807, 2.05) is 24.3 Å². The molecule has 1 aliphatic carbocycles. The number of benzene rings is 2. The molecule has 2 heterocycles. The fourth-order valence-corrected chi connectivity index (χ4v) is 4.80. The van der Waals surface area contributed by atoms with Gasteiger partial charge in [-0.15, -0.1) is 0 Å². The van der Waals surface area contributed by atoms with Crippen molar-refractivity contribution in [1.29, 1.82) is 0 Å². The molecule has 162 valence electrons. The van der Waals surface area contributed by atoms with Crippen LogP contribution in [0.25, 0.3) is 33.0 Å².